The minimum Gasteiger partial charge on any atom is -0.314 e. The van der Waals surface area contributed by atoms with Crippen LogP contribution >= 0.6 is 0 Å². The van der Waals surface area contributed by atoms with Gasteiger partial charge >= 0.3 is 0 Å². The normalized spacial score (nSPS) is 11.4. The van der Waals surface area contributed by atoms with Crippen molar-refractivity contribution >= 4 is 0 Å². The number of unbranched alkanes of at least 4 members (excludes halogenated alkanes) is 2. The Bertz CT molecular complexity index is 353. The van der Waals surface area contributed by atoms with E-state index in [1.807, 2.05) is 0 Å². The zero-order valence-electron chi connectivity index (χ0n) is 12.7. The van der Waals surface area contributed by atoms with Crippen LogP contribution in [0.1, 0.15) is 57.0 Å². The summed E-state index contributed by atoms with van der Waals surface area (Å²) in [6.45, 7) is 13.1. The van der Waals surface area contributed by atoms with E-state index in [-0.39, 0.29) is 0 Å². The van der Waals surface area contributed by atoms with Crippen molar-refractivity contribution in [3.63, 3.8) is 0 Å². The standard InChI is InChI=1S/C15H29N3/c1-6-7-8-11-18-14(5)15(13(4)17-18)9-10-16-12(2)3/h12,16H,6-11H2,1-5H3. The number of nitrogens with zero attached hydrogens (tertiary/aromatic N) is 2. The molecule has 0 saturated heterocycles. The second-order valence-corrected chi connectivity index (χ2v) is 5.44. The molecule has 1 aromatic heterocycles. The Morgan fingerprint density at radius 3 is 2.56 bits per heavy atom. The molecular formula is C15H29N3. The number of nitrogens with one attached hydrogen (secondary N) is 1. The predicted octanol–water partition coefficient (Wildman–Crippen LogP) is 3.23. The Labute approximate surface area is 112 Å². The smallest absolute Gasteiger partial charge is 0.0628 e. The fourth-order valence-electron chi connectivity index (χ4n) is 2.31. The monoisotopic (exact) mass is 251 g/mol. The lowest BCUT2D eigenvalue weighted by atomic mass is 10.1. The average molecular weight is 251 g/mol. The van der Waals surface area contributed by atoms with E-state index >= 15 is 0 Å². The maximum absolute atomic E-state index is 4.67. The third-order valence-electron chi connectivity index (χ3n) is 3.43. The van der Waals surface area contributed by atoms with Crippen molar-refractivity contribution in [2.45, 2.75) is 72.9 Å². The van der Waals surface area contributed by atoms with Gasteiger partial charge in [-0.15, -0.1) is 0 Å². The van der Waals surface area contributed by atoms with E-state index in [4.69, 9.17) is 0 Å². The van der Waals surface area contributed by atoms with E-state index in [0.717, 1.165) is 19.5 Å². The van der Waals surface area contributed by atoms with Crippen LogP contribution in [0.5, 0.6) is 0 Å². The molecule has 0 aliphatic heterocycles. The molecule has 1 heterocycles. The Morgan fingerprint density at radius 2 is 1.94 bits per heavy atom. The third kappa shape index (κ3) is 4.45. The summed E-state index contributed by atoms with van der Waals surface area (Å²) in [5.74, 6) is 0. The van der Waals surface area contributed by atoms with E-state index in [0.29, 0.717) is 6.04 Å². The summed E-state index contributed by atoms with van der Waals surface area (Å²) in [6.07, 6.45) is 4.89. The first-order chi connectivity index (χ1) is 8.56. The van der Waals surface area contributed by atoms with Gasteiger partial charge in [-0.05, 0) is 38.8 Å². The molecule has 1 rings (SSSR count). The summed E-state index contributed by atoms with van der Waals surface area (Å²) in [5.41, 5.74) is 3.99. The molecule has 18 heavy (non-hydrogen) atoms. The predicted molar refractivity (Wildman–Crippen MR) is 78.1 cm³/mol. The Balaban J connectivity index is 2.57. The van der Waals surface area contributed by atoms with Gasteiger partial charge in [0, 0.05) is 18.3 Å². The highest BCUT2D eigenvalue weighted by molar-refractivity contribution is 5.24. The molecule has 0 saturated carbocycles. The first kappa shape index (κ1) is 15.2. The lowest BCUT2D eigenvalue weighted by molar-refractivity contribution is 0.538. The van der Waals surface area contributed by atoms with Crippen molar-refractivity contribution in [3.8, 4) is 0 Å². The van der Waals surface area contributed by atoms with Crippen molar-refractivity contribution in [2.75, 3.05) is 6.54 Å². The molecule has 104 valence electrons. The molecule has 1 aromatic rings. The summed E-state index contributed by atoms with van der Waals surface area (Å²) in [7, 11) is 0. The fourth-order valence-corrected chi connectivity index (χ4v) is 2.31. The number of hydrogen-bond donors (Lipinski definition) is 1. The minimum absolute atomic E-state index is 0.560. The molecule has 0 unspecified atom stereocenters. The van der Waals surface area contributed by atoms with Crippen molar-refractivity contribution in [1.29, 1.82) is 0 Å². The van der Waals surface area contributed by atoms with Gasteiger partial charge in [-0.25, -0.2) is 0 Å². The lowest BCUT2D eigenvalue weighted by Gasteiger charge is -2.08. The lowest BCUT2D eigenvalue weighted by Crippen LogP contribution is -2.25. The quantitative estimate of drug-likeness (QED) is 0.719. The number of aryl methyl sites for hydroxylation is 2. The van der Waals surface area contributed by atoms with Crippen molar-refractivity contribution in [1.82, 2.24) is 15.1 Å². The average Bonchev–Trinajstić information content (AvgIpc) is 2.56. The van der Waals surface area contributed by atoms with Crippen molar-refractivity contribution < 1.29 is 0 Å². The van der Waals surface area contributed by atoms with Crippen LogP contribution in [-0.4, -0.2) is 22.4 Å². The van der Waals surface area contributed by atoms with E-state index in [1.165, 1.54) is 36.2 Å². The maximum Gasteiger partial charge on any atom is 0.0628 e. The topological polar surface area (TPSA) is 29.9 Å². The summed E-state index contributed by atoms with van der Waals surface area (Å²) in [6, 6.07) is 0.560. The van der Waals surface area contributed by atoms with E-state index in [1.54, 1.807) is 0 Å². The first-order valence-electron chi connectivity index (χ1n) is 7.32. The SMILES string of the molecule is CCCCCn1nc(C)c(CCNC(C)C)c1C. The fraction of sp³-hybridized carbons (Fsp3) is 0.800. The number of hydrogen-bond acceptors (Lipinski definition) is 2. The van der Waals surface area contributed by atoms with Crippen LogP contribution < -0.4 is 5.32 Å². The maximum atomic E-state index is 4.67. The van der Waals surface area contributed by atoms with Crippen molar-refractivity contribution in [3.05, 3.63) is 17.0 Å². The minimum atomic E-state index is 0.560. The van der Waals surface area contributed by atoms with Crippen molar-refractivity contribution in [2.24, 2.45) is 0 Å². The number of rotatable bonds is 8. The van der Waals surface area contributed by atoms with Gasteiger partial charge in [0.05, 0.1) is 5.69 Å². The molecule has 0 fully saturated rings. The molecule has 0 spiro atoms. The highest BCUT2D eigenvalue weighted by atomic mass is 15.3. The molecule has 0 aliphatic rings. The molecule has 3 nitrogen and oxygen atoms in total. The van der Waals surface area contributed by atoms with Crippen LogP contribution in [0.3, 0.4) is 0 Å². The van der Waals surface area contributed by atoms with Gasteiger partial charge in [0.15, 0.2) is 0 Å². The molecule has 3 heteroatoms. The van der Waals surface area contributed by atoms with E-state index in [2.05, 4.69) is 49.7 Å². The van der Waals surface area contributed by atoms with Crippen LogP contribution in [0, 0.1) is 13.8 Å². The van der Waals surface area contributed by atoms with Crippen LogP contribution in [0.2, 0.25) is 0 Å². The van der Waals surface area contributed by atoms with E-state index < -0.39 is 0 Å². The van der Waals surface area contributed by atoms with Crippen LogP contribution in [-0.2, 0) is 13.0 Å². The highest BCUT2D eigenvalue weighted by Crippen LogP contribution is 2.14. The van der Waals surface area contributed by atoms with Gasteiger partial charge in [-0.3, -0.25) is 4.68 Å². The van der Waals surface area contributed by atoms with Gasteiger partial charge in [-0.2, -0.15) is 5.10 Å². The Morgan fingerprint density at radius 1 is 1.22 bits per heavy atom. The van der Waals surface area contributed by atoms with Gasteiger partial charge in [0.1, 0.15) is 0 Å². The van der Waals surface area contributed by atoms with Gasteiger partial charge < -0.3 is 5.32 Å². The largest absolute Gasteiger partial charge is 0.314 e. The van der Waals surface area contributed by atoms with E-state index in [9.17, 15) is 0 Å². The van der Waals surface area contributed by atoms with Crippen LogP contribution in [0.25, 0.3) is 0 Å². The third-order valence-corrected chi connectivity index (χ3v) is 3.43. The number of aromatic nitrogens is 2. The van der Waals surface area contributed by atoms with Gasteiger partial charge in [-0.1, -0.05) is 33.6 Å². The summed E-state index contributed by atoms with van der Waals surface area (Å²) in [4.78, 5) is 0. The Kier molecular flexibility index (Phi) is 6.41. The second-order valence-electron chi connectivity index (χ2n) is 5.44. The van der Waals surface area contributed by atoms with Crippen LogP contribution in [0.15, 0.2) is 0 Å². The summed E-state index contributed by atoms with van der Waals surface area (Å²) >= 11 is 0. The molecular weight excluding hydrogens is 222 g/mol. The highest BCUT2D eigenvalue weighted by Gasteiger charge is 2.10. The zero-order valence-corrected chi connectivity index (χ0v) is 12.7. The van der Waals surface area contributed by atoms with Gasteiger partial charge in [0.2, 0.25) is 0 Å². The van der Waals surface area contributed by atoms with Gasteiger partial charge in [0.25, 0.3) is 0 Å². The molecule has 0 atom stereocenters. The molecule has 0 aliphatic carbocycles. The summed E-state index contributed by atoms with van der Waals surface area (Å²) in [5, 5.41) is 8.14. The first-order valence-corrected chi connectivity index (χ1v) is 7.32. The molecule has 0 amide bonds. The summed E-state index contributed by atoms with van der Waals surface area (Å²) < 4.78 is 2.19. The molecule has 0 aromatic carbocycles. The Hall–Kier alpha value is -0.830. The molecule has 0 radical (unpaired) electrons. The zero-order chi connectivity index (χ0) is 13.5. The van der Waals surface area contributed by atoms with Crippen LogP contribution in [0.4, 0.5) is 0 Å². The molecule has 1 N–H and O–H groups in total. The second kappa shape index (κ2) is 7.57. The molecule has 0 bridgehead atoms.